The summed E-state index contributed by atoms with van der Waals surface area (Å²) in [7, 11) is -13.7. The van der Waals surface area contributed by atoms with Gasteiger partial charge in [-0.25, -0.2) is 26.9 Å². The van der Waals surface area contributed by atoms with Gasteiger partial charge < -0.3 is 0 Å². The predicted molar refractivity (Wildman–Crippen MR) is 193 cm³/mol. The first-order valence-corrected chi connectivity index (χ1v) is 38.9. The molecule has 0 spiro atoms. The van der Waals surface area contributed by atoms with Gasteiger partial charge in [-0.2, -0.15) is 0 Å². The zero-order valence-corrected chi connectivity index (χ0v) is 36.5. The van der Waals surface area contributed by atoms with Crippen molar-refractivity contribution in [2.24, 2.45) is 4.99 Å². The minimum atomic E-state index is -2.12. The van der Waals surface area contributed by atoms with E-state index in [0.717, 1.165) is 5.19 Å². The van der Waals surface area contributed by atoms with E-state index in [4.69, 9.17) is 4.99 Å². The quantitative estimate of drug-likeness (QED) is 0.0793. The van der Waals surface area contributed by atoms with Gasteiger partial charge in [-0.3, -0.25) is 0 Å². The summed E-state index contributed by atoms with van der Waals surface area (Å²) in [5.41, 5.74) is -0.972. The molecule has 1 aromatic rings. The molecule has 1 aliphatic heterocycles. The summed E-state index contributed by atoms with van der Waals surface area (Å²) in [4.78, 5) is 4.72. The van der Waals surface area contributed by atoms with Crippen LogP contribution in [0.5, 0.6) is 0 Å². The molecule has 1 aliphatic rings. The van der Waals surface area contributed by atoms with E-state index in [1.165, 1.54) is 0 Å². The molecule has 1 saturated heterocycles. The van der Waals surface area contributed by atoms with Gasteiger partial charge in [-0.1, -0.05) is 118 Å². The summed E-state index contributed by atoms with van der Waals surface area (Å²) in [6.45, 7) is 44.4. The Morgan fingerprint density at radius 2 is 0.585 bits per heavy atom. The molecular weight excluding hydrogens is 664 g/mol. The van der Waals surface area contributed by atoms with Crippen LogP contribution < -0.4 is 0 Å². The molecule has 0 N–H and O–H groups in total. The fourth-order valence-electron chi connectivity index (χ4n) is 10.3. The van der Waals surface area contributed by atoms with Crippen LogP contribution in [-0.4, -0.2) is 61.7 Å². The van der Waals surface area contributed by atoms with Gasteiger partial charge in [0.25, 0.3) is 0 Å². The third-order valence-corrected chi connectivity index (χ3v) is 75.6. The number of hydrogen-bond donors (Lipinski definition) is 0. The minimum Gasteiger partial charge on any atom is -0.241 e. The molecule has 1 heterocycles. The Hall–Kier alpha value is 0.701. The summed E-state index contributed by atoms with van der Waals surface area (Å²) >= 11 is 0. The molecule has 0 bridgehead atoms. The summed E-state index contributed by atoms with van der Waals surface area (Å²) in [5.74, 6) is -9.53. The average Bonchev–Trinajstić information content (AvgIpc) is 3.34. The molecule has 236 valence electrons. The van der Waals surface area contributed by atoms with Gasteiger partial charge in [0.15, 0.2) is 23.3 Å². The van der Waals surface area contributed by atoms with Crippen molar-refractivity contribution in [3.63, 3.8) is 0 Å². The number of hydrogen-bond acceptors (Lipinski definition) is 1. The Balaban J connectivity index is 3.33. The Labute approximate surface area is 255 Å². The minimum absolute atomic E-state index is 0.0706. The highest BCUT2D eigenvalue weighted by molar-refractivity contribution is 8.69. The lowest BCUT2D eigenvalue weighted by molar-refractivity contribution is 0.381. The van der Waals surface area contributed by atoms with Crippen molar-refractivity contribution in [2.45, 2.75) is 126 Å². The second-order valence-electron chi connectivity index (χ2n) is 17.9. The van der Waals surface area contributed by atoms with Crippen LogP contribution in [0.2, 0.25) is 118 Å². The van der Waals surface area contributed by atoms with Crippen LogP contribution in [0.25, 0.3) is 0 Å². The largest absolute Gasteiger partial charge is 0.241 e. The van der Waals surface area contributed by atoms with Gasteiger partial charge in [-0.15, -0.1) is 0 Å². The molecule has 1 fully saturated rings. The summed E-state index contributed by atoms with van der Waals surface area (Å²) in [6, 6.07) is 0. The van der Waals surface area contributed by atoms with E-state index in [0.29, 0.717) is 0 Å². The van der Waals surface area contributed by atoms with Gasteiger partial charge in [0, 0.05) is 0 Å². The van der Waals surface area contributed by atoms with E-state index in [9.17, 15) is 13.2 Å². The Kier molecular flexibility index (Phi) is 10.1. The summed E-state index contributed by atoms with van der Waals surface area (Å²) < 4.78 is 73.8. The van der Waals surface area contributed by atoms with Gasteiger partial charge in [0.2, 0.25) is 5.82 Å². The van der Waals surface area contributed by atoms with Crippen LogP contribution in [0.1, 0.15) is 0 Å². The maximum absolute atomic E-state index is 15.3. The third kappa shape index (κ3) is 5.56. The summed E-state index contributed by atoms with van der Waals surface area (Å²) in [6.07, 6.45) is 0. The molecule has 14 heteroatoms. The fraction of sp³-hybridized carbons (Fsp3) is 0.741. The van der Waals surface area contributed by atoms with Crippen molar-refractivity contribution in [1.29, 1.82) is 0 Å². The maximum Gasteiger partial charge on any atom is 0.200 e. The van der Waals surface area contributed by atoms with Crippen molar-refractivity contribution >= 4 is 74.5 Å². The average molecular weight is 718 g/mol. The topological polar surface area (TPSA) is 12.4 Å². The van der Waals surface area contributed by atoms with Crippen molar-refractivity contribution in [3.05, 3.63) is 29.1 Å². The van der Waals surface area contributed by atoms with E-state index in [-0.39, 0.29) is 8.05 Å². The molecule has 1 aromatic carbocycles. The van der Waals surface area contributed by atoms with Crippen LogP contribution in [0, 0.1) is 29.1 Å². The van der Waals surface area contributed by atoms with E-state index in [1.807, 2.05) is 0 Å². The van der Waals surface area contributed by atoms with Crippen LogP contribution in [0.15, 0.2) is 4.99 Å². The smallest absolute Gasteiger partial charge is 0.200 e. The molecule has 2 unspecified atom stereocenters. The standard InChI is InChI=1S/C27H54F5NP2Si6/c1-36(2,3)26(37(4,5)6,38(7,8)9)34-25(33-24-22(31)20(29)19(28)21(30)23(24)32)35(34)27(39(10,11)12,40(13,14)15)41(16,17)18/h1-18H3. The molecule has 41 heavy (non-hydrogen) atoms. The number of nitrogens with zero attached hydrogens (tertiary/aromatic N) is 1. The third-order valence-electron chi connectivity index (χ3n) is 9.09. The number of benzene rings is 1. The van der Waals surface area contributed by atoms with Crippen molar-refractivity contribution in [2.75, 3.05) is 0 Å². The molecule has 0 aromatic heterocycles. The second kappa shape index (κ2) is 10.9. The molecule has 0 radical (unpaired) electrons. The normalized spacial score (nSPS) is 20.0. The Morgan fingerprint density at radius 1 is 0.390 bits per heavy atom. The first-order chi connectivity index (χ1) is 17.8. The highest BCUT2D eigenvalue weighted by Crippen LogP contribution is 3.03. The zero-order valence-electron chi connectivity index (χ0n) is 28.7. The zero-order chi connectivity index (χ0) is 32.9. The lowest BCUT2D eigenvalue weighted by Crippen LogP contribution is -2.76. The first-order valence-electron chi connectivity index (χ1n) is 14.5. The van der Waals surface area contributed by atoms with Crippen molar-refractivity contribution in [1.82, 2.24) is 0 Å². The molecule has 0 aliphatic carbocycles. The second-order valence-corrected chi connectivity index (χ2v) is 61.1. The van der Waals surface area contributed by atoms with E-state index in [2.05, 4.69) is 118 Å². The van der Waals surface area contributed by atoms with Crippen LogP contribution in [0.3, 0.4) is 0 Å². The molecule has 1 nitrogen and oxygen atoms in total. The Bertz CT molecular complexity index is 1070. The Morgan fingerprint density at radius 3 is 0.780 bits per heavy atom. The first kappa shape index (κ1) is 37.9. The number of aliphatic imine (C=N–C) groups is 1. The molecule has 2 atom stereocenters. The highest BCUT2D eigenvalue weighted by Gasteiger charge is 2.79. The SMILES string of the molecule is C[Si](C)(C)C(P1C(=Nc2c(F)c(F)c(F)c(F)c2F)P1C([Si](C)(C)C)([Si](C)(C)C)[Si](C)(C)C)([Si](C)(C)C)[Si](C)(C)C. The van der Waals surface area contributed by atoms with Gasteiger partial charge in [0.05, 0.1) is 53.6 Å². The highest BCUT2D eigenvalue weighted by atomic mass is 32.1. The number of rotatable bonds is 9. The molecular formula is C27H54F5NP2Si6. The van der Waals surface area contributed by atoms with E-state index >= 15 is 8.78 Å². The van der Waals surface area contributed by atoms with Gasteiger partial charge >= 0.3 is 0 Å². The van der Waals surface area contributed by atoms with Crippen LogP contribution >= 0.6 is 15.2 Å². The van der Waals surface area contributed by atoms with Crippen LogP contribution in [0.4, 0.5) is 27.6 Å². The maximum atomic E-state index is 15.3. The lowest BCUT2D eigenvalue weighted by Gasteiger charge is -2.63. The summed E-state index contributed by atoms with van der Waals surface area (Å²) in [5, 5.41) is 0.859. The van der Waals surface area contributed by atoms with E-state index in [1.54, 1.807) is 0 Å². The fourth-order valence-corrected chi connectivity index (χ4v) is 111. The lowest BCUT2D eigenvalue weighted by atomic mass is 10.2. The van der Waals surface area contributed by atoms with Gasteiger partial charge in [-0.05, 0) is 23.3 Å². The molecule has 0 saturated carbocycles. The van der Waals surface area contributed by atoms with Crippen molar-refractivity contribution < 1.29 is 22.0 Å². The number of halogens is 5. The molecule has 0 amide bonds. The van der Waals surface area contributed by atoms with Gasteiger partial charge in [0.1, 0.15) is 5.69 Å². The molecule has 2 rings (SSSR count). The monoisotopic (exact) mass is 717 g/mol. The van der Waals surface area contributed by atoms with Crippen LogP contribution in [-0.2, 0) is 0 Å². The van der Waals surface area contributed by atoms with Crippen molar-refractivity contribution in [3.8, 4) is 0 Å². The predicted octanol–water partition coefficient (Wildman–Crippen LogP) is 12.0. The van der Waals surface area contributed by atoms with E-state index < -0.39 is 98.4 Å².